The summed E-state index contributed by atoms with van der Waals surface area (Å²) in [6, 6.07) is 11.4. The first-order valence-corrected chi connectivity index (χ1v) is 12.5. The molecule has 0 amide bonds. The Balaban J connectivity index is 1.69. The minimum atomic E-state index is -0.172. The Morgan fingerprint density at radius 3 is 2.16 bits per heavy atom. The number of aromatic nitrogens is 1. The number of esters is 1. The molecule has 32 heavy (non-hydrogen) atoms. The minimum absolute atomic E-state index is 0.172. The largest absolute Gasteiger partial charge is 0.492 e. The molecule has 0 saturated carbocycles. The molecule has 2 aromatic rings. The Morgan fingerprint density at radius 2 is 1.53 bits per heavy atom. The van der Waals surface area contributed by atoms with Crippen molar-refractivity contribution in [1.82, 2.24) is 4.98 Å². The van der Waals surface area contributed by atoms with Crippen LogP contribution in [-0.4, -0.2) is 17.6 Å². The van der Waals surface area contributed by atoms with Crippen molar-refractivity contribution in [3.63, 3.8) is 0 Å². The highest BCUT2D eigenvalue weighted by molar-refractivity contribution is 5.72. The summed E-state index contributed by atoms with van der Waals surface area (Å²) in [5.41, 5.74) is 1.86. The van der Waals surface area contributed by atoms with Crippen LogP contribution in [0.5, 0.6) is 11.5 Å². The first kappa shape index (κ1) is 25.9. The highest BCUT2D eigenvalue weighted by atomic mass is 16.5. The first-order chi connectivity index (χ1) is 15.6. The van der Waals surface area contributed by atoms with Gasteiger partial charge in [0.05, 0.1) is 18.5 Å². The molecule has 0 bridgehead atoms. The molecule has 1 unspecified atom stereocenters. The fourth-order valence-corrected chi connectivity index (χ4v) is 3.51. The summed E-state index contributed by atoms with van der Waals surface area (Å²) < 4.78 is 11.3. The number of hydrogen-bond donors (Lipinski definition) is 0. The van der Waals surface area contributed by atoms with Gasteiger partial charge in [-0.05, 0) is 55.2 Å². The van der Waals surface area contributed by atoms with Crippen molar-refractivity contribution in [1.29, 1.82) is 0 Å². The van der Waals surface area contributed by atoms with Crippen molar-refractivity contribution in [2.24, 2.45) is 5.92 Å². The molecule has 1 atom stereocenters. The van der Waals surface area contributed by atoms with Crippen molar-refractivity contribution in [2.45, 2.75) is 91.4 Å². The summed E-state index contributed by atoms with van der Waals surface area (Å²) in [5.74, 6) is 1.76. The average Bonchev–Trinajstić information content (AvgIpc) is 2.82. The van der Waals surface area contributed by atoms with E-state index < -0.39 is 0 Å². The van der Waals surface area contributed by atoms with E-state index in [-0.39, 0.29) is 5.97 Å². The van der Waals surface area contributed by atoms with Crippen molar-refractivity contribution in [2.75, 3.05) is 6.61 Å². The normalized spacial score (nSPS) is 11.8. The third-order valence-corrected chi connectivity index (χ3v) is 5.92. The van der Waals surface area contributed by atoms with E-state index in [0.29, 0.717) is 18.1 Å². The monoisotopic (exact) mass is 439 g/mol. The summed E-state index contributed by atoms with van der Waals surface area (Å²) in [4.78, 5) is 16.5. The number of rotatable bonds is 16. The van der Waals surface area contributed by atoms with Crippen LogP contribution in [0.2, 0.25) is 0 Å². The van der Waals surface area contributed by atoms with Gasteiger partial charge in [0.25, 0.3) is 0 Å². The fourth-order valence-electron chi connectivity index (χ4n) is 3.51. The maximum Gasteiger partial charge on any atom is 0.311 e. The average molecular weight is 440 g/mol. The molecule has 1 aromatic heterocycles. The van der Waals surface area contributed by atoms with Crippen molar-refractivity contribution in [3.05, 3.63) is 42.6 Å². The topological polar surface area (TPSA) is 48.4 Å². The van der Waals surface area contributed by atoms with Gasteiger partial charge in [0.1, 0.15) is 11.5 Å². The minimum Gasteiger partial charge on any atom is -0.492 e. The molecule has 176 valence electrons. The van der Waals surface area contributed by atoms with E-state index >= 15 is 0 Å². The summed E-state index contributed by atoms with van der Waals surface area (Å²) in [6.07, 6.45) is 14.5. The molecule has 0 aliphatic heterocycles. The van der Waals surface area contributed by atoms with Crippen LogP contribution in [0.1, 0.15) is 91.4 Å². The zero-order valence-corrected chi connectivity index (χ0v) is 20.3. The Hall–Kier alpha value is -2.36. The van der Waals surface area contributed by atoms with Gasteiger partial charge in [-0.25, -0.2) is 0 Å². The molecular formula is C28H41NO3. The molecule has 0 radical (unpaired) electrons. The number of unbranched alkanes of at least 4 members (excludes halogenated alkanes) is 7. The molecule has 1 aromatic carbocycles. The number of hydrogen-bond acceptors (Lipinski definition) is 4. The van der Waals surface area contributed by atoms with Crippen molar-refractivity contribution in [3.8, 4) is 22.8 Å². The third kappa shape index (κ3) is 10.3. The summed E-state index contributed by atoms with van der Waals surface area (Å²) in [5, 5.41) is 0. The molecule has 0 fully saturated rings. The Morgan fingerprint density at radius 1 is 0.875 bits per heavy atom. The number of nitrogens with zero attached hydrogens (tertiary/aromatic N) is 1. The van der Waals surface area contributed by atoms with Crippen molar-refractivity contribution < 1.29 is 14.3 Å². The second-order valence-corrected chi connectivity index (χ2v) is 8.75. The molecule has 0 N–H and O–H groups in total. The molecule has 0 aliphatic carbocycles. The van der Waals surface area contributed by atoms with Crippen LogP contribution in [0.25, 0.3) is 11.3 Å². The predicted molar refractivity (Wildman–Crippen MR) is 132 cm³/mol. The molecule has 4 heteroatoms. The molecule has 0 saturated heterocycles. The van der Waals surface area contributed by atoms with E-state index in [1.54, 1.807) is 6.20 Å². The lowest BCUT2D eigenvalue weighted by molar-refractivity contribution is -0.134. The van der Waals surface area contributed by atoms with Gasteiger partial charge in [-0.15, -0.1) is 0 Å². The first-order valence-electron chi connectivity index (χ1n) is 12.5. The van der Waals surface area contributed by atoms with Gasteiger partial charge in [-0.2, -0.15) is 0 Å². The maximum absolute atomic E-state index is 12.0. The van der Waals surface area contributed by atoms with Gasteiger partial charge in [0, 0.05) is 12.0 Å². The van der Waals surface area contributed by atoms with E-state index in [2.05, 4.69) is 25.8 Å². The zero-order valence-electron chi connectivity index (χ0n) is 20.3. The van der Waals surface area contributed by atoms with E-state index in [1.807, 2.05) is 36.4 Å². The lowest BCUT2D eigenvalue weighted by atomic mass is 10.0. The SMILES string of the molecule is CCCCCCCCCCOc1ccc(-c2ccc(OC(=O)CCC(C)CC)cc2)nc1. The Labute approximate surface area is 194 Å². The van der Waals surface area contributed by atoms with Crippen LogP contribution in [0.15, 0.2) is 42.6 Å². The molecule has 2 rings (SSSR count). The van der Waals surface area contributed by atoms with Crippen LogP contribution >= 0.6 is 0 Å². The maximum atomic E-state index is 12.0. The number of benzene rings is 1. The lowest BCUT2D eigenvalue weighted by Gasteiger charge is -2.09. The second-order valence-electron chi connectivity index (χ2n) is 8.75. The number of carbonyl (C=O) groups is 1. The van der Waals surface area contributed by atoms with E-state index in [1.165, 1.54) is 44.9 Å². The highest BCUT2D eigenvalue weighted by Crippen LogP contribution is 2.23. The fraction of sp³-hybridized carbons (Fsp3) is 0.571. The smallest absolute Gasteiger partial charge is 0.311 e. The molecule has 4 nitrogen and oxygen atoms in total. The van der Waals surface area contributed by atoms with E-state index in [4.69, 9.17) is 9.47 Å². The quantitative estimate of drug-likeness (QED) is 0.151. The van der Waals surface area contributed by atoms with Crippen LogP contribution in [0, 0.1) is 5.92 Å². The van der Waals surface area contributed by atoms with Gasteiger partial charge in [0.15, 0.2) is 0 Å². The standard InChI is InChI=1S/C28H41NO3/c1-4-6-7-8-9-10-11-12-21-31-26-18-19-27(29-22-26)24-14-16-25(17-15-24)32-28(30)20-13-23(3)5-2/h14-19,22-23H,4-13,20-21H2,1-3H3. The molecular weight excluding hydrogens is 398 g/mol. The highest BCUT2D eigenvalue weighted by Gasteiger charge is 2.08. The van der Waals surface area contributed by atoms with Gasteiger partial charge in [0.2, 0.25) is 0 Å². The van der Waals surface area contributed by atoms with Gasteiger partial charge >= 0.3 is 5.97 Å². The number of pyridine rings is 1. The van der Waals surface area contributed by atoms with Crippen LogP contribution in [0.3, 0.4) is 0 Å². The van der Waals surface area contributed by atoms with Crippen LogP contribution < -0.4 is 9.47 Å². The third-order valence-electron chi connectivity index (χ3n) is 5.92. The summed E-state index contributed by atoms with van der Waals surface area (Å²) >= 11 is 0. The molecule has 0 spiro atoms. The van der Waals surface area contributed by atoms with Crippen molar-refractivity contribution >= 4 is 5.97 Å². The van der Waals surface area contributed by atoms with Crippen LogP contribution in [0.4, 0.5) is 0 Å². The Kier molecular flexibility index (Phi) is 12.5. The van der Waals surface area contributed by atoms with E-state index in [9.17, 15) is 4.79 Å². The Bertz CT molecular complexity index is 755. The van der Waals surface area contributed by atoms with Gasteiger partial charge in [-0.1, -0.05) is 72.1 Å². The summed E-state index contributed by atoms with van der Waals surface area (Å²) in [7, 11) is 0. The number of ether oxygens (including phenoxy) is 2. The molecule has 0 aliphatic rings. The predicted octanol–water partition coefficient (Wildman–Crippen LogP) is 8.00. The number of carbonyl (C=O) groups excluding carboxylic acids is 1. The zero-order chi connectivity index (χ0) is 23.0. The summed E-state index contributed by atoms with van der Waals surface area (Å²) in [6.45, 7) is 7.29. The van der Waals surface area contributed by atoms with Gasteiger partial charge < -0.3 is 9.47 Å². The second kappa shape index (κ2) is 15.4. The molecule has 1 heterocycles. The van der Waals surface area contributed by atoms with Gasteiger partial charge in [-0.3, -0.25) is 9.78 Å². The lowest BCUT2D eigenvalue weighted by Crippen LogP contribution is -2.09. The van der Waals surface area contributed by atoms with E-state index in [0.717, 1.165) is 42.9 Å². The van der Waals surface area contributed by atoms with Crippen LogP contribution in [-0.2, 0) is 4.79 Å².